The maximum absolute atomic E-state index is 12.4. The first kappa shape index (κ1) is 14.2. The largest absolute Gasteiger partial charge is 0.435 e. The zero-order valence-electron chi connectivity index (χ0n) is 9.50. The van der Waals surface area contributed by atoms with Crippen LogP contribution in [-0.4, -0.2) is 14.9 Å². The second-order valence-electron chi connectivity index (χ2n) is 3.87. The van der Waals surface area contributed by atoms with Crippen molar-refractivity contribution in [2.75, 3.05) is 0 Å². The van der Waals surface area contributed by atoms with E-state index in [0.717, 1.165) is 12.1 Å². The van der Waals surface area contributed by atoms with Gasteiger partial charge in [0.1, 0.15) is 0 Å². The summed E-state index contributed by atoms with van der Waals surface area (Å²) in [5.41, 5.74) is -2.36. The van der Waals surface area contributed by atoms with Crippen LogP contribution in [0.2, 0.25) is 0 Å². The Bertz CT molecular complexity index is 611. The normalized spacial score (nSPS) is 12.7. The topological polar surface area (TPSA) is 38.0 Å². The minimum Gasteiger partial charge on any atom is -0.427 e. The van der Waals surface area contributed by atoms with Crippen LogP contribution in [0.15, 0.2) is 30.5 Å². The predicted molar refractivity (Wildman–Crippen MR) is 54.9 cm³/mol. The van der Waals surface area contributed by atoms with E-state index in [1.807, 2.05) is 0 Å². The van der Waals surface area contributed by atoms with E-state index in [4.69, 9.17) is 0 Å². The number of rotatable bonds is 1. The van der Waals surface area contributed by atoms with Crippen molar-refractivity contribution in [1.29, 1.82) is 0 Å². The summed E-state index contributed by atoms with van der Waals surface area (Å²) >= 11 is 0. The Labute approximate surface area is 108 Å². The second kappa shape index (κ2) is 4.43. The number of halogens is 6. The zero-order chi connectivity index (χ0) is 15.1. The number of nitrogens with zero attached hydrogens (tertiary/aromatic N) is 2. The summed E-state index contributed by atoms with van der Waals surface area (Å²) in [6.07, 6.45) is -8.97. The lowest BCUT2D eigenvalue weighted by molar-refractivity contribution is -0.141. The van der Waals surface area contributed by atoms with Crippen LogP contribution in [0.1, 0.15) is 11.3 Å². The minimum absolute atomic E-state index is 0.0731. The molecule has 9 heteroatoms. The Morgan fingerprint density at radius 1 is 0.900 bits per heavy atom. The number of hydrogen-bond acceptors (Lipinski definition) is 2. The molecular weight excluding hydrogens is 290 g/mol. The highest BCUT2D eigenvalue weighted by Crippen LogP contribution is 2.32. The van der Waals surface area contributed by atoms with Gasteiger partial charge in [0.15, 0.2) is 11.5 Å². The molecule has 0 atom stereocenters. The molecule has 0 radical (unpaired) electrons. The van der Waals surface area contributed by atoms with E-state index in [2.05, 4.69) is 4.98 Å². The van der Waals surface area contributed by atoms with Crippen molar-refractivity contribution in [2.24, 2.45) is 0 Å². The van der Waals surface area contributed by atoms with Gasteiger partial charge in [-0.3, -0.25) is 0 Å². The Kier molecular flexibility index (Phi) is 3.15. The van der Waals surface area contributed by atoms with Crippen molar-refractivity contribution in [3.8, 4) is 11.4 Å². The molecular formula is C11H6F6N2O. The molecule has 1 N–H and O–H groups in total. The first-order valence-corrected chi connectivity index (χ1v) is 5.12. The lowest BCUT2D eigenvalue weighted by atomic mass is 10.1. The van der Waals surface area contributed by atoms with E-state index in [0.29, 0.717) is 18.3 Å². The molecule has 3 nitrogen and oxygen atoms in total. The standard InChI is InChI=1S/C11H6F6N2O/c12-10(13,14)7-3-1-6(2-4-7)9-18-8(5-19(9)20)11(15,16)17/h1-5,20H. The molecule has 0 aliphatic heterocycles. The van der Waals surface area contributed by atoms with Crippen LogP contribution in [-0.2, 0) is 12.4 Å². The molecule has 20 heavy (non-hydrogen) atoms. The van der Waals surface area contributed by atoms with Gasteiger partial charge in [-0.15, -0.1) is 0 Å². The first-order valence-electron chi connectivity index (χ1n) is 5.12. The number of alkyl halides is 6. The quantitative estimate of drug-likeness (QED) is 0.641. The molecule has 0 amide bonds. The van der Waals surface area contributed by atoms with Crippen LogP contribution in [0.25, 0.3) is 11.4 Å². The van der Waals surface area contributed by atoms with Gasteiger partial charge >= 0.3 is 12.4 Å². The third kappa shape index (κ3) is 2.70. The summed E-state index contributed by atoms with van der Waals surface area (Å²) in [6, 6.07) is 3.24. The van der Waals surface area contributed by atoms with Crippen molar-refractivity contribution in [3.63, 3.8) is 0 Å². The summed E-state index contributed by atoms with van der Waals surface area (Å²) in [6.45, 7) is 0. The summed E-state index contributed by atoms with van der Waals surface area (Å²) in [5, 5.41) is 9.31. The zero-order valence-corrected chi connectivity index (χ0v) is 9.50. The molecule has 1 aromatic carbocycles. The van der Waals surface area contributed by atoms with E-state index in [1.54, 1.807) is 0 Å². The maximum Gasteiger partial charge on any atom is 0.435 e. The van der Waals surface area contributed by atoms with Crippen molar-refractivity contribution in [2.45, 2.75) is 12.4 Å². The SMILES string of the molecule is On1cc(C(F)(F)F)nc1-c1ccc(C(F)(F)F)cc1. The summed E-state index contributed by atoms with van der Waals surface area (Å²) in [4.78, 5) is 3.15. The minimum atomic E-state index is -4.76. The molecule has 0 bridgehead atoms. The Hall–Kier alpha value is -2.19. The Morgan fingerprint density at radius 2 is 1.45 bits per heavy atom. The molecule has 1 heterocycles. The second-order valence-corrected chi connectivity index (χ2v) is 3.87. The van der Waals surface area contributed by atoms with Gasteiger partial charge in [-0.25, -0.2) is 4.98 Å². The fourth-order valence-corrected chi connectivity index (χ4v) is 1.51. The number of benzene rings is 1. The average molecular weight is 296 g/mol. The van der Waals surface area contributed by atoms with Gasteiger partial charge in [-0.1, -0.05) is 12.1 Å². The molecule has 0 saturated carbocycles. The van der Waals surface area contributed by atoms with Crippen LogP contribution in [0, 0.1) is 0 Å². The van der Waals surface area contributed by atoms with Crippen LogP contribution < -0.4 is 0 Å². The maximum atomic E-state index is 12.4. The number of aromatic nitrogens is 2. The summed E-state index contributed by atoms with van der Waals surface area (Å²) in [7, 11) is 0. The molecule has 0 aliphatic rings. The molecule has 0 fully saturated rings. The van der Waals surface area contributed by atoms with Gasteiger partial charge in [0.25, 0.3) is 0 Å². The highest BCUT2D eigenvalue weighted by Gasteiger charge is 2.35. The molecule has 0 saturated heterocycles. The fraction of sp³-hybridized carbons (Fsp3) is 0.182. The lowest BCUT2D eigenvalue weighted by Crippen LogP contribution is -2.05. The van der Waals surface area contributed by atoms with E-state index >= 15 is 0 Å². The van der Waals surface area contributed by atoms with E-state index in [-0.39, 0.29) is 10.3 Å². The average Bonchev–Trinajstić information content (AvgIpc) is 2.70. The molecule has 108 valence electrons. The van der Waals surface area contributed by atoms with Crippen molar-refractivity contribution in [3.05, 3.63) is 41.7 Å². The van der Waals surface area contributed by atoms with Crippen LogP contribution in [0.5, 0.6) is 0 Å². The molecule has 0 spiro atoms. The fourth-order valence-electron chi connectivity index (χ4n) is 1.51. The third-order valence-electron chi connectivity index (χ3n) is 2.45. The van der Waals surface area contributed by atoms with Gasteiger partial charge in [-0.05, 0) is 12.1 Å². The first-order chi connectivity index (χ1) is 9.09. The Balaban J connectivity index is 2.40. The number of imidazole rings is 1. The van der Waals surface area contributed by atoms with Crippen molar-refractivity contribution < 1.29 is 31.5 Å². The third-order valence-corrected chi connectivity index (χ3v) is 2.45. The summed E-state index contributed by atoms with van der Waals surface area (Å²) < 4.78 is 74.3. The number of hydrogen-bond donors (Lipinski definition) is 1. The lowest BCUT2D eigenvalue weighted by Gasteiger charge is -2.07. The Morgan fingerprint density at radius 3 is 1.85 bits per heavy atom. The van der Waals surface area contributed by atoms with E-state index in [1.165, 1.54) is 0 Å². The predicted octanol–water partition coefficient (Wildman–Crippen LogP) is 3.83. The van der Waals surface area contributed by atoms with Crippen molar-refractivity contribution in [1.82, 2.24) is 9.71 Å². The van der Waals surface area contributed by atoms with Crippen molar-refractivity contribution >= 4 is 0 Å². The monoisotopic (exact) mass is 296 g/mol. The molecule has 0 aliphatic carbocycles. The highest BCUT2D eigenvalue weighted by atomic mass is 19.4. The van der Waals surface area contributed by atoms with E-state index < -0.39 is 29.4 Å². The summed E-state index contributed by atoms with van der Waals surface area (Å²) in [5.74, 6) is -0.494. The molecule has 1 aromatic heterocycles. The van der Waals surface area contributed by atoms with Gasteiger partial charge in [-0.2, -0.15) is 31.1 Å². The molecule has 2 rings (SSSR count). The van der Waals surface area contributed by atoms with Gasteiger partial charge in [0, 0.05) is 5.56 Å². The highest BCUT2D eigenvalue weighted by molar-refractivity contribution is 5.56. The molecule has 2 aromatic rings. The van der Waals surface area contributed by atoms with Crippen LogP contribution >= 0.6 is 0 Å². The van der Waals surface area contributed by atoms with Crippen LogP contribution in [0.4, 0.5) is 26.3 Å². The molecule has 0 unspecified atom stereocenters. The van der Waals surface area contributed by atoms with Crippen LogP contribution in [0.3, 0.4) is 0 Å². The van der Waals surface area contributed by atoms with E-state index in [9.17, 15) is 31.5 Å². The van der Waals surface area contributed by atoms with Gasteiger partial charge < -0.3 is 5.21 Å². The van der Waals surface area contributed by atoms with Gasteiger partial charge in [0.2, 0.25) is 0 Å². The van der Waals surface area contributed by atoms with Gasteiger partial charge in [0.05, 0.1) is 11.8 Å². The smallest absolute Gasteiger partial charge is 0.427 e.